The van der Waals surface area contributed by atoms with Gasteiger partial charge in [-0.05, 0) is 31.7 Å². The average Bonchev–Trinajstić information content (AvgIpc) is 2.39. The summed E-state index contributed by atoms with van der Waals surface area (Å²) in [5.74, 6) is 1.31. The Bertz CT molecular complexity index is 388. The summed E-state index contributed by atoms with van der Waals surface area (Å²) >= 11 is 12.2. The van der Waals surface area contributed by atoms with Crippen molar-refractivity contribution in [3.05, 3.63) is 16.1 Å². The topological polar surface area (TPSA) is 57.2 Å². The van der Waals surface area contributed by atoms with Crippen molar-refractivity contribution in [2.24, 2.45) is 0 Å². The third-order valence-corrected chi connectivity index (χ3v) is 3.18. The van der Waals surface area contributed by atoms with E-state index in [1.54, 1.807) is 6.07 Å². The first-order chi connectivity index (χ1) is 9.19. The second kappa shape index (κ2) is 9.23. The molecule has 0 atom stereocenters. The number of aromatic nitrogens is 1. The molecule has 6 heteroatoms. The molecule has 0 amide bonds. The van der Waals surface area contributed by atoms with Gasteiger partial charge < -0.3 is 15.7 Å². The van der Waals surface area contributed by atoms with Gasteiger partial charge in [-0.15, -0.1) is 0 Å². The molecule has 19 heavy (non-hydrogen) atoms. The van der Waals surface area contributed by atoms with E-state index in [9.17, 15) is 0 Å². The Morgan fingerprint density at radius 2 is 1.68 bits per heavy atom. The first-order valence-corrected chi connectivity index (χ1v) is 7.39. The van der Waals surface area contributed by atoms with Gasteiger partial charge in [-0.2, -0.15) is 0 Å². The maximum atomic E-state index is 8.70. The highest BCUT2D eigenvalue weighted by atomic mass is 35.5. The lowest BCUT2D eigenvalue weighted by Crippen LogP contribution is -2.08. The molecule has 108 valence electrons. The molecule has 0 saturated carbocycles. The van der Waals surface area contributed by atoms with E-state index in [2.05, 4.69) is 22.5 Å². The summed E-state index contributed by atoms with van der Waals surface area (Å²) in [4.78, 5) is 4.39. The van der Waals surface area contributed by atoms with Crippen LogP contribution in [0.3, 0.4) is 0 Å². The van der Waals surface area contributed by atoms with Crippen LogP contribution in [-0.2, 0) is 0 Å². The smallest absolute Gasteiger partial charge is 0.147 e. The summed E-state index contributed by atoms with van der Waals surface area (Å²) in [5, 5.41) is 16.1. The molecule has 0 aliphatic heterocycles. The Balaban J connectivity index is 2.56. The van der Waals surface area contributed by atoms with Crippen molar-refractivity contribution < 1.29 is 5.11 Å². The Kier molecular flexibility index (Phi) is 7.94. The Morgan fingerprint density at radius 1 is 1.05 bits per heavy atom. The summed E-state index contributed by atoms with van der Waals surface area (Å²) in [6.45, 7) is 3.92. The summed E-state index contributed by atoms with van der Waals surface area (Å²) in [7, 11) is 0. The van der Waals surface area contributed by atoms with Crippen LogP contribution in [0.1, 0.15) is 32.6 Å². The lowest BCUT2D eigenvalue weighted by Gasteiger charge is -2.12. The lowest BCUT2D eigenvalue weighted by atomic mass is 10.2. The largest absolute Gasteiger partial charge is 0.396 e. The van der Waals surface area contributed by atoms with Crippen molar-refractivity contribution in [2.75, 3.05) is 30.3 Å². The zero-order chi connectivity index (χ0) is 14.1. The minimum atomic E-state index is 0.241. The van der Waals surface area contributed by atoms with E-state index in [1.165, 1.54) is 0 Å². The molecule has 0 unspecified atom stereocenters. The van der Waals surface area contributed by atoms with Gasteiger partial charge in [0.25, 0.3) is 0 Å². The van der Waals surface area contributed by atoms with Crippen LogP contribution in [0.15, 0.2) is 6.07 Å². The second-order valence-electron chi connectivity index (χ2n) is 4.29. The first-order valence-electron chi connectivity index (χ1n) is 6.63. The van der Waals surface area contributed by atoms with Gasteiger partial charge in [0.15, 0.2) is 0 Å². The van der Waals surface area contributed by atoms with E-state index in [-0.39, 0.29) is 6.61 Å². The zero-order valence-corrected chi connectivity index (χ0v) is 12.7. The van der Waals surface area contributed by atoms with Crippen LogP contribution in [0.4, 0.5) is 11.6 Å². The second-order valence-corrected chi connectivity index (χ2v) is 5.10. The molecule has 0 bridgehead atoms. The van der Waals surface area contributed by atoms with E-state index in [4.69, 9.17) is 28.3 Å². The fourth-order valence-corrected chi connectivity index (χ4v) is 2.07. The molecule has 1 aromatic rings. The van der Waals surface area contributed by atoms with Gasteiger partial charge in [-0.3, -0.25) is 0 Å². The number of aliphatic hydroxyl groups is 1. The Hall–Kier alpha value is -0.710. The molecule has 0 aliphatic carbocycles. The van der Waals surface area contributed by atoms with Crippen molar-refractivity contribution in [1.82, 2.24) is 4.98 Å². The van der Waals surface area contributed by atoms with Crippen LogP contribution >= 0.6 is 23.2 Å². The van der Waals surface area contributed by atoms with Crippen LogP contribution in [0.5, 0.6) is 0 Å². The lowest BCUT2D eigenvalue weighted by molar-refractivity contribution is 0.283. The molecule has 0 radical (unpaired) electrons. The predicted molar refractivity (Wildman–Crippen MR) is 82.5 cm³/mol. The van der Waals surface area contributed by atoms with Crippen molar-refractivity contribution in [3.8, 4) is 0 Å². The molecule has 3 N–H and O–H groups in total. The number of rotatable bonds is 9. The zero-order valence-electron chi connectivity index (χ0n) is 11.2. The number of halogens is 2. The maximum Gasteiger partial charge on any atom is 0.147 e. The number of hydrogen-bond donors (Lipinski definition) is 3. The number of anilines is 2. The summed E-state index contributed by atoms with van der Waals surface area (Å²) in [5.41, 5.74) is 0. The van der Waals surface area contributed by atoms with Crippen LogP contribution in [0.25, 0.3) is 0 Å². The van der Waals surface area contributed by atoms with Crippen LogP contribution in [0.2, 0.25) is 10.0 Å². The number of unbranched alkanes of at least 4 members (excludes halogenated alkanes) is 2. The van der Waals surface area contributed by atoms with Crippen molar-refractivity contribution in [1.29, 1.82) is 0 Å². The first kappa shape index (κ1) is 16.3. The molecule has 1 heterocycles. The fourth-order valence-electron chi connectivity index (χ4n) is 1.58. The van der Waals surface area contributed by atoms with E-state index in [0.717, 1.165) is 38.8 Å². The molecule has 4 nitrogen and oxygen atoms in total. The molecule has 0 saturated heterocycles. The standard InChI is InChI=1S/C13H21Cl2N3O/c1-2-6-16-12-10(14)9-11(15)13(18-12)17-7-4-3-5-8-19/h9,19H,2-8H2,1H3,(H2,16,17,18). The Labute approximate surface area is 124 Å². The average molecular weight is 306 g/mol. The van der Waals surface area contributed by atoms with Crippen LogP contribution in [0, 0.1) is 0 Å². The van der Waals surface area contributed by atoms with Crippen molar-refractivity contribution in [2.45, 2.75) is 32.6 Å². The highest BCUT2D eigenvalue weighted by molar-refractivity contribution is 6.37. The minimum absolute atomic E-state index is 0.241. The minimum Gasteiger partial charge on any atom is -0.396 e. The molecule has 0 aliphatic rings. The normalized spacial score (nSPS) is 10.5. The quantitative estimate of drug-likeness (QED) is 0.608. The molecular weight excluding hydrogens is 285 g/mol. The van der Waals surface area contributed by atoms with Gasteiger partial charge in [-0.1, -0.05) is 30.1 Å². The molecule has 0 fully saturated rings. The Morgan fingerprint density at radius 3 is 2.26 bits per heavy atom. The molecule has 0 aromatic carbocycles. The molecule has 0 spiro atoms. The van der Waals surface area contributed by atoms with E-state index < -0.39 is 0 Å². The number of pyridine rings is 1. The van der Waals surface area contributed by atoms with Crippen molar-refractivity contribution >= 4 is 34.8 Å². The number of nitrogens with one attached hydrogen (secondary N) is 2. The van der Waals surface area contributed by atoms with Gasteiger partial charge >= 0.3 is 0 Å². The summed E-state index contributed by atoms with van der Waals surface area (Å²) in [6.07, 6.45) is 3.78. The molecular formula is C13H21Cl2N3O. The number of hydrogen-bond acceptors (Lipinski definition) is 4. The molecule has 1 rings (SSSR count). The van der Waals surface area contributed by atoms with E-state index in [0.29, 0.717) is 21.7 Å². The van der Waals surface area contributed by atoms with Gasteiger partial charge in [0, 0.05) is 19.7 Å². The van der Waals surface area contributed by atoms with Crippen LogP contribution < -0.4 is 10.6 Å². The summed E-state index contributed by atoms with van der Waals surface area (Å²) in [6, 6.07) is 1.70. The van der Waals surface area contributed by atoms with Gasteiger partial charge in [0.2, 0.25) is 0 Å². The monoisotopic (exact) mass is 305 g/mol. The van der Waals surface area contributed by atoms with Gasteiger partial charge in [0.1, 0.15) is 11.6 Å². The number of nitrogens with zero attached hydrogens (tertiary/aromatic N) is 1. The third-order valence-electron chi connectivity index (χ3n) is 2.60. The summed E-state index contributed by atoms with van der Waals surface area (Å²) < 4.78 is 0. The van der Waals surface area contributed by atoms with Crippen molar-refractivity contribution in [3.63, 3.8) is 0 Å². The third kappa shape index (κ3) is 5.85. The van der Waals surface area contributed by atoms with Gasteiger partial charge in [-0.25, -0.2) is 4.98 Å². The van der Waals surface area contributed by atoms with E-state index >= 15 is 0 Å². The fraction of sp³-hybridized carbons (Fsp3) is 0.615. The van der Waals surface area contributed by atoms with Crippen LogP contribution in [-0.4, -0.2) is 29.8 Å². The number of aliphatic hydroxyl groups excluding tert-OH is 1. The predicted octanol–water partition coefficient (Wildman–Crippen LogP) is 3.78. The molecule has 1 aromatic heterocycles. The van der Waals surface area contributed by atoms with Gasteiger partial charge in [0.05, 0.1) is 10.0 Å². The highest BCUT2D eigenvalue weighted by Crippen LogP contribution is 2.29. The highest BCUT2D eigenvalue weighted by Gasteiger charge is 2.08. The van der Waals surface area contributed by atoms with E-state index in [1.807, 2.05) is 0 Å². The maximum absolute atomic E-state index is 8.70. The SMILES string of the molecule is CCCNc1nc(NCCCCCO)c(Cl)cc1Cl.